The predicted molar refractivity (Wildman–Crippen MR) is 101 cm³/mol. The molecule has 8 heteroatoms. The number of aromatic nitrogens is 2. The highest BCUT2D eigenvalue weighted by molar-refractivity contribution is 6.32. The van der Waals surface area contributed by atoms with Crippen LogP contribution in [0, 0.1) is 18.3 Å². The molecule has 1 aromatic carbocycles. The summed E-state index contributed by atoms with van der Waals surface area (Å²) in [6.45, 7) is 1.79. The molecule has 2 heterocycles. The van der Waals surface area contributed by atoms with Crippen molar-refractivity contribution in [2.24, 2.45) is 5.73 Å². The lowest BCUT2D eigenvalue weighted by Crippen LogP contribution is -2.20. The van der Waals surface area contributed by atoms with Gasteiger partial charge in [-0.2, -0.15) is 10.2 Å². The highest BCUT2D eigenvalue weighted by Gasteiger charge is 2.17. The number of benzene rings is 1. The molecule has 0 aliphatic rings. The molecular formula is C19H13ClN4O3. The zero-order valence-electron chi connectivity index (χ0n) is 14.1. The number of nitriles is 1. The highest BCUT2D eigenvalue weighted by Crippen LogP contribution is 2.30. The number of rotatable bonds is 4. The number of hydrogen-bond acceptors (Lipinski definition) is 5. The van der Waals surface area contributed by atoms with Gasteiger partial charge in [-0.25, -0.2) is 0 Å². The summed E-state index contributed by atoms with van der Waals surface area (Å²) in [5.41, 5.74) is 5.30. The van der Waals surface area contributed by atoms with E-state index in [1.54, 1.807) is 49.4 Å². The van der Waals surface area contributed by atoms with Gasteiger partial charge in [0, 0.05) is 6.20 Å². The SMILES string of the molecule is Cc1cccn2c(=O)c(/C=C(\C#N)C(N)=O)c(Oc3ccccc3Cl)nc12. The quantitative estimate of drug-likeness (QED) is 0.552. The van der Waals surface area contributed by atoms with Gasteiger partial charge in [0.15, 0.2) is 0 Å². The predicted octanol–water partition coefficient (Wildman–Crippen LogP) is 2.84. The van der Waals surface area contributed by atoms with Gasteiger partial charge < -0.3 is 10.5 Å². The van der Waals surface area contributed by atoms with Gasteiger partial charge in [0.1, 0.15) is 28.6 Å². The molecule has 0 unspecified atom stereocenters. The van der Waals surface area contributed by atoms with Gasteiger partial charge in [-0.15, -0.1) is 0 Å². The van der Waals surface area contributed by atoms with E-state index in [1.165, 1.54) is 10.6 Å². The third-order valence-corrected chi connectivity index (χ3v) is 4.08. The Balaban J connectivity index is 2.33. The molecule has 1 amide bonds. The molecule has 0 bridgehead atoms. The summed E-state index contributed by atoms with van der Waals surface area (Å²) < 4.78 is 7.05. The number of amides is 1. The van der Waals surface area contributed by atoms with Crippen LogP contribution >= 0.6 is 11.6 Å². The Bertz CT molecular complexity index is 1190. The van der Waals surface area contributed by atoms with Crippen molar-refractivity contribution in [3.8, 4) is 17.7 Å². The summed E-state index contributed by atoms with van der Waals surface area (Å²) in [6, 6.07) is 11.8. The topological polar surface area (TPSA) is 110 Å². The van der Waals surface area contributed by atoms with Crippen LogP contribution in [0.15, 0.2) is 53.0 Å². The number of nitrogens with two attached hydrogens (primary N) is 1. The van der Waals surface area contributed by atoms with Crippen molar-refractivity contribution in [2.75, 3.05) is 0 Å². The minimum atomic E-state index is -0.963. The number of halogens is 1. The lowest BCUT2D eigenvalue weighted by molar-refractivity contribution is -0.114. The summed E-state index contributed by atoms with van der Waals surface area (Å²) in [4.78, 5) is 28.8. The normalized spacial score (nSPS) is 11.2. The van der Waals surface area contributed by atoms with E-state index in [0.29, 0.717) is 10.7 Å². The summed E-state index contributed by atoms with van der Waals surface area (Å²) in [5, 5.41) is 9.43. The molecule has 0 atom stereocenters. The van der Waals surface area contributed by atoms with E-state index < -0.39 is 17.0 Å². The van der Waals surface area contributed by atoms with Gasteiger partial charge in [0.2, 0.25) is 5.88 Å². The van der Waals surface area contributed by atoms with Gasteiger partial charge in [0.25, 0.3) is 11.5 Å². The van der Waals surface area contributed by atoms with Gasteiger partial charge in [-0.05, 0) is 36.8 Å². The maximum Gasteiger partial charge on any atom is 0.269 e. The molecule has 0 saturated heterocycles. The van der Waals surface area contributed by atoms with E-state index in [0.717, 1.165) is 11.6 Å². The number of nitrogens with zero attached hydrogens (tertiary/aromatic N) is 3. The minimum Gasteiger partial charge on any atom is -0.437 e. The second kappa shape index (κ2) is 7.32. The van der Waals surface area contributed by atoms with Crippen molar-refractivity contribution >= 4 is 29.2 Å². The van der Waals surface area contributed by atoms with Crippen molar-refractivity contribution in [3.63, 3.8) is 0 Å². The first kappa shape index (κ1) is 18.2. The third-order valence-electron chi connectivity index (χ3n) is 3.77. The summed E-state index contributed by atoms with van der Waals surface area (Å²) >= 11 is 6.12. The maximum absolute atomic E-state index is 13.0. The molecule has 2 aromatic heterocycles. The summed E-state index contributed by atoms with van der Waals surface area (Å²) in [6.07, 6.45) is 2.60. The molecule has 0 saturated carbocycles. The van der Waals surface area contributed by atoms with Crippen LogP contribution in [0.1, 0.15) is 11.1 Å². The van der Waals surface area contributed by atoms with Crippen LogP contribution in [0.4, 0.5) is 0 Å². The Morgan fingerprint density at radius 1 is 1.33 bits per heavy atom. The van der Waals surface area contributed by atoms with E-state index in [9.17, 15) is 9.59 Å². The number of hydrogen-bond donors (Lipinski definition) is 1. The first-order chi connectivity index (χ1) is 12.9. The number of carbonyl (C=O) groups is 1. The first-order valence-electron chi connectivity index (χ1n) is 7.78. The number of pyridine rings is 1. The zero-order chi connectivity index (χ0) is 19.6. The molecule has 0 aliphatic heterocycles. The molecule has 0 aliphatic carbocycles. The van der Waals surface area contributed by atoms with Gasteiger partial charge in [-0.3, -0.25) is 14.0 Å². The smallest absolute Gasteiger partial charge is 0.269 e. The Hall–Kier alpha value is -3.63. The van der Waals surface area contributed by atoms with Gasteiger partial charge >= 0.3 is 0 Å². The van der Waals surface area contributed by atoms with Crippen molar-refractivity contribution < 1.29 is 9.53 Å². The highest BCUT2D eigenvalue weighted by atomic mass is 35.5. The standard InChI is InChI=1S/C19H13ClN4O3/c1-11-5-4-8-24-17(11)23-18(27-15-7-3-2-6-14(15)20)13(19(24)26)9-12(10-21)16(22)25/h2-9H,1H3,(H2,22,25)/b12-9+. The van der Waals surface area contributed by atoms with Crippen LogP contribution in [0.2, 0.25) is 5.02 Å². The molecule has 0 radical (unpaired) electrons. The van der Waals surface area contributed by atoms with Gasteiger partial charge in [-0.1, -0.05) is 29.8 Å². The number of para-hydroxylation sites is 1. The Morgan fingerprint density at radius 3 is 2.74 bits per heavy atom. The van der Waals surface area contributed by atoms with Crippen LogP contribution in [-0.4, -0.2) is 15.3 Å². The van der Waals surface area contributed by atoms with E-state index in [2.05, 4.69) is 4.98 Å². The number of aryl methyl sites for hydroxylation is 1. The van der Waals surface area contributed by atoms with E-state index in [-0.39, 0.29) is 17.2 Å². The second-order valence-corrected chi connectivity index (χ2v) is 5.99. The Morgan fingerprint density at radius 2 is 2.07 bits per heavy atom. The zero-order valence-corrected chi connectivity index (χ0v) is 14.9. The fraction of sp³-hybridized carbons (Fsp3) is 0.0526. The number of fused-ring (bicyclic) bond motifs is 1. The number of carbonyl (C=O) groups excluding carboxylic acids is 1. The van der Waals surface area contributed by atoms with Crippen molar-refractivity contribution in [1.29, 1.82) is 5.26 Å². The van der Waals surface area contributed by atoms with Crippen LogP contribution in [0.5, 0.6) is 11.6 Å². The summed E-state index contributed by atoms with van der Waals surface area (Å²) in [7, 11) is 0. The van der Waals surface area contributed by atoms with Crippen LogP contribution in [-0.2, 0) is 4.79 Å². The first-order valence-corrected chi connectivity index (χ1v) is 8.16. The monoisotopic (exact) mass is 380 g/mol. The lowest BCUT2D eigenvalue weighted by Gasteiger charge is -2.12. The minimum absolute atomic E-state index is 0.0867. The molecule has 27 heavy (non-hydrogen) atoms. The lowest BCUT2D eigenvalue weighted by atomic mass is 10.1. The Labute approximate surface area is 158 Å². The number of primary amides is 1. The molecule has 3 rings (SSSR count). The maximum atomic E-state index is 13.0. The van der Waals surface area contributed by atoms with Crippen molar-refractivity contribution in [3.05, 3.63) is 74.7 Å². The fourth-order valence-corrected chi connectivity index (χ4v) is 2.60. The second-order valence-electron chi connectivity index (χ2n) is 5.59. The van der Waals surface area contributed by atoms with Crippen molar-refractivity contribution in [2.45, 2.75) is 6.92 Å². The third kappa shape index (κ3) is 3.52. The van der Waals surface area contributed by atoms with Crippen LogP contribution in [0.25, 0.3) is 11.7 Å². The molecule has 134 valence electrons. The van der Waals surface area contributed by atoms with Crippen molar-refractivity contribution in [1.82, 2.24) is 9.38 Å². The molecular weight excluding hydrogens is 368 g/mol. The van der Waals surface area contributed by atoms with Crippen LogP contribution in [0.3, 0.4) is 0 Å². The largest absolute Gasteiger partial charge is 0.437 e. The molecule has 0 fully saturated rings. The average molecular weight is 381 g/mol. The van der Waals surface area contributed by atoms with Crippen LogP contribution < -0.4 is 16.0 Å². The Kier molecular flexibility index (Phi) is 4.92. The summed E-state index contributed by atoms with van der Waals surface area (Å²) in [5.74, 6) is -0.775. The van der Waals surface area contributed by atoms with E-state index in [4.69, 9.17) is 27.3 Å². The molecule has 0 spiro atoms. The average Bonchev–Trinajstić information content (AvgIpc) is 2.64. The van der Waals surface area contributed by atoms with E-state index in [1.807, 2.05) is 0 Å². The van der Waals surface area contributed by atoms with Gasteiger partial charge in [0.05, 0.1) is 5.02 Å². The van der Waals surface area contributed by atoms with E-state index >= 15 is 0 Å². The number of ether oxygens (including phenoxy) is 1. The molecule has 7 nitrogen and oxygen atoms in total. The molecule has 2 N–H and O–H groups in total. The molecule has 3 aromatic rings. The fourth-order valence-electron chi connectivity index (χ4n) is 2.43.